The smallest absolute Gasteiger partial charge is 0.227 e. The molecule has 5 rings (SSSR count). The first-order valence-electron chi connectivity index (χ1n) is 9.96. The molecule has 1 atom stereocenters. The number of aryl methyl sites for hydroxylation is 2. The zero-order chi connectivity index (χ0) is 20.5. The predicted octanol–water partition coefficient (Wildman–Crippen LogP) is 4.32. The fraction of sp³-hybridized carbons (Fsp3) is 0.250. The van der Waals surface area contributed by atoms with Crippen molar-refractivity contribution in [1.29, 1.82) is 0 Å². The Morgan fingerprint density at radius 1 is 1.04 bits per heavy atom. The lowest BCUT2D eigenvalue weighted by Crippen LogP contribution is -2.36. The summed E-state index contributed by atoms with van der Waals surface area (Å²) in [5, 5.41) is 1.85. The second-order valence-electron chi connectivity index (χ2n) is 6.59. The summed E-state index contributed by atoms with van der Waals surface area (Å²) in [5.74, 6) is 0.831. The van der Waals surface area contributed by atoms with Gasteiger partial charge in [0.1, 0.15) is 6.17 Å². The van der Waals surface area contributed by atoms with Crippen LogP contribution < -0.4 is 9.80 Å². The summed E-state index contributed by atoms with van der Waals surface area (Å²) in [6.45, 7) is 3.37. The second-order valence-corrected chi connectivity index (χ2v) is 6.59. The van der Waals surface area contributed by atoms with Crippen molar-refractivity contribution in [3.05, 3.63) is 47.9 Å². The average molecular weight is 348 g/mol. The van der Waals surface area contributed by atoms with Crippen LogP contribution in [0.25, 0.3) is 22.1 Å². The van der Waals surface area contributed by atoms with Gasteiger partial charge in [0.05, 0.1) is 5.69 Å². The number of benzene rings is 1. The van der Waals surface area contributed by atoms with Gasteiger partial charge in [0, 0.05) is 39.9 Å². The summed E-state index contributed by atoms with van der Waals surface area (Å²) >= 11 is 0. The lowest BCUT2D eigenvalue weighted by Gasteiger charge is -2.27. The Balaban J connectivity index is 1.81. The van der Waals surface area contributed by atoms with E-state index in [0.29, 0.717) is 22.9 Å². The van der Waals surface area contributed by atoms with Gasteiger partial charge < -0.3 is 9.32 Å². The minimum absolute atomic E-state index is 0.335. The molecule has 130 valence electrons. The fourth-order valence-electron chi connectivity index (χ4n) is 3.62. The van der Waals surface area contributed by atoms with Gasteiger partial charge >= 0.3 is 0 Å². The van der Waals surface area contributed by atoms with Gasteiger partial charge in [0.25, 0.3) is 0 Å². The molecule has 0 bridgehead atoms. The summed E-state index contributed by atoms with van der Waals surface area (Å²) in [7, 11) is 0. The number of furan rings is 1. The third-order valence-corrected chi connectivity index (χ3v) is 4.93. The van der Waals surface area contributed by atoms with Crippen LogP contribution in [0.5, 0.6) is 0 Å². The van der Waals surface area contributed by atoms with Crippen LogP contribution in [-0.4, -0.2) is 28.1 Å². The van der Waals surface area contributed by atoms with Crippen molar-refractivity contribution in [3.8, 4) is 0 Å². The van der Waals surface area contributed by atoms with Crippen molar-refractivity contribution in [3.63, 3.8) is 0 Å². The highest BCUT2D eigenvalue weighted by atomic mass is 16.3. The molecule has 0 N–H and O–H groups in total. The number of hydrogen-bond donors (Lipinski definition) is 0. The second kappa shape index (κ2) is 5.17. The zero-order valence-corrected chi connectivity index (χ0v) is 14.7. The molecule has 4 aromatic rings. The van der Waals surface area contributed by atoms with E-state index in [1.165, 1.54) is 11.1 Å². The molecule has 1 aliphatic rings. The van der Waals surface area contributed by atoms with Crippen molar-refractivity contribution < 1.29 is 8.53 Å². The number of aromatic nitrogens is 3. The van der Waals surface area contributed by atoms with Gasteiger partial charge in [0.2, 0.25) is 5.71 Å². The summed E-state index contributed by atoms with van der Waals surface area (Å²) in [4.78, 5) is 16.5. The van der Waals surface area contributed by atoms with E-state index in [4.69, 9.17) is 8.53 Å². The van der Waals surface area contributed by atoms with Gasteiger partial charge in [0.15, 0.2) is 17.2 Å². The minimum Gasteiger partial charge on any atom is -0.435 e. The monoisotopic (exact) mass is 348 g/mol. The van der Waals surface area contributed by atoms with E-state index >= 15 is 0 Å². The van der Waals surface area contributed by atoms with E-state index in [0.717, 1.165) is 27.7 Å². The molecular weight excluding hydrogens is 326 g/mol. The zero-order valence-electron chi connectivity index (χ0n) is 17.7. The first kappa shape index (κ1) is 12.2. The Hall–Kier alpha value is -3.15. The van der Waals surface area contributed by atoms with Gasteiger partial charge in [-0.3, -0.25) is 4.90 Å². The van der Waals surface area contributed by atoms with Gasteiger partial charge in [-0.2, -0.15) is 0 Å². The third-order valence-electron chi connectivity index (χ3n) is 4.93. The van der Waals surface area contributed by atoms with Crippen LogP contribution in [0.2, 0.25) is 0 Å². The van der Waals surface area contributed by atoms with E-state index in [1.807, 2.05) is 49.9 Å². The van der Waals surface area contributed by atoms with Gasteiger partial charge in [-0.05, 0) is 38.5 Å². The summed E-state index contributed by atoms with van der Waals surface area (Å²) in [5.41, 5.74) is 3.82. The quantitative estimate of drug-likeness (QED) is 0.510. The van der Waals surface area contributed by atoms with Crippen molar-refractivity contribution in [2.45, 2.75) is 26.9 Å². The maximum atomic E-state index is 8.00. The van der Waals surface area contributed by atoms with Crippen LogP contribution in [0.4, 0.5) is 17.3 Å². The maximum absolute atomic E-state index is 8.00. The molecule has 0 amide bonds. The lowest BCUT2D eigenvalue weighted by molar-refractivity contribution is 0.646. The Morgan fingerprint density at radius 2 is 1.81 bits per heavy atom. The number of nitrogens with zero attached hydrogens (tertiary/aromatic N) is 5. The summed E-state index contributed by atoms with van der Waals surface area (Å²) in [6, 6.07) is 7.97. The number of anilines is 3. The van der Waals surface area contributed by atoms with Crippen LogP contribution in [0.1, 0.15) is 22.3 Å². The number of fused-ring (bicyclic) bond motifs is 4. The molecule has 1 aromatic carbocycles. The van der Waals surface area contributed by atoms with Crippen LogP contribution in [0.15, 0.2) is 41.1 Å². The van der Waals surface area contributed by atoms with Gasteiger partial charge in [-0.25, -0.2) is 15.0 Å². The molecule has 0 fully saturated rings. The van der Waals surface area contributed by atoms with E-state index < -0.39 is 13.1 Å². The highest BCUT2D eigenvalue weighted by Crippen LogP contribution is 2.45. The van der Waals surface area contributed by atoms with Crippen LogP contribution >= 0.6 is 0 Å². The Morgan fingerprint density at radius 3 is 2.62 bits per heavy atom. The topological polar surface area (TPSA) is 58.3 Å². The third kappa shape index (κ3) is 1.89. The molecule has 0 unspecified atom stereocenters. The molecule has 0 radical (unpaired) electrons. The fourth-order valence-corrected chi connectivity index (χ4v) is 3.62. The lowest BCUT2D eigenvalue weighted by atomic mass is 10.1. The van der Waals surface area contributed by atoms with Crippen molar-refractivity contribution in [1.82, 2.24) is 15.0 Å². The molecule has 0 aliphatic carbocycles. The standard InChI is InChI=1S/C20H19N5O/c1-11-5-7-14-15-8-6-12(2)23-20(15)26-17(14)16(11)25-13(3)24(4)18-19(25)22-10-9-21-18/h5-10,13H,1-4H3/t13-/m0/s1/i4D3. The van der Waals surface area contributed by atoms with Gasteiger partial charge in [-0.1, -0.05) is 12.1 Å². The highest BCUT2D eigenvalue weighted by molar-refractivity contribution is 6.09. The van der Waals surface area contributed by atoms with E-state index in [1.54, 1.807) is 6.20 Å². The largest absolute Gasteiger partial charge is 0.435 e. The predicted molar refractivity (Wildman–Crippen MR) is 103 cm³/mol. The number of pyridine rings is 1. The SMILES string of the molecule is [2H]C([2H])([2H])N1c2nccnc2N(c2c(C)ccc3c2oc2nc(C)ccc23)[C@H]1C. The summed E-state index contributed by atoms with van der Waals surface area (Å²) < 4.78 is 30.2. The molecule has 1 aliphatic heterocycles. The number of hydrogen-bond acceptors (Lipinski definition) is 6. The van der Waals surface area contributed by atoms with Crippen molar-refractivity contribution >= 4 is 39.4 Å². The van der Waals surface area contributed by atoms with Crippen molar-refractivity contribution in [2.75, 3.05) is 16.8 Å². The molecule has 6 heteroatoms. The normalized spacial score (nSPS) is 18.9. The maximum Gasteiger partial charge on any atom is 0.227 e. The Bertz CT molecular complexity index is 1270. The van der Waals surface area contributed by atoms with Crippen molar-refractivity contribution in [2.24, 2.45) is 0 Å². The Kier molecular flexibility index (Phi) is 2.44. The first-order valence-corrected chi connectivity index (χ1v) is 8.46. The van der Waals surface area contributed by atoms with E-state index in [9.17, 15) is 0 Å². The van der Waals surface area contributed by atoms with Crippen LogP contribution in [-0.2, 0) is 0 Å². The first-order chi connectivity index (χ1) is 13.8. The highest BCUT2D eigenvalue weighted by Gasteiger charge is 2.36. The molecule has 0 saturated carbocycles. The molecule has 3 aromatic heterocycles. The molecule has 4 heterocycles. The van der Waals surface area contributed by atoms with E-state index in [2.05, 4.69) is 15.0 Å². The van der Waals surface area contributed by atoms with Crippen LogP contribution in [0, 0.1) is 13.8 Å². The molecule has 6 nitrogen and oxygen atoms in total. The van der Waals surface area contributed by atoms with E-state index in [-0.39, 0.29) is 0 Å². The number of rotatable bonds is 1. The molecule has 26 heavy (non-hydrogen) atoms. The molecular formula is C20H19N5O. The summed E-state index contributed by atoms with van der Waals surface area (Å²) in [6.07, 6.45) is 2.56. The van der Waals surface area contributed by atoms with Crippen LogP contribution in [0.3, 0.4) is 0 Å². The van der Waals surface area contributed by atoms with Gasteiger partial charge in [-0.15, -0.1) is 0 Å². The Labute approximate surface area is 155 Å². The molecule has 0 saturated heterocycles. The molecule has 0 spiro atoms. The minimum atomic E-state index is -2.35. The average Bonchev–Trinajstić information content (AvgIpc) is 3.15.